The predicted octanol–water partition coefficient (Wildman–Crippen LogP) is 1.86. The molecule has 1 aliphatic rings. The van der Waals surface area contributed by atoms with E-state index in [0.29, 0.717) is 12.2 Å². The van der Waals surface area contributed by atoms with E-state index in [1.54, 1.807) is 0 Å². The van der Waals surface area contributed by atoms with E-state index in [1.165, 1.54) is 0 Å². The highest BCUT2D eigenvalue weighted by atomic mass is 19.4. The number of unbranched alkanes of at least 4 members (excludes halogenated alkanes) is 1. The lowest BCUT2D eigenvalue weighted by molar-refractivity contribution is -0.225. The zero-order chi connectivity index (χ0) is 16.2. The first-order chi connectivity index (χ1) is 10.4. The van der Waals surface area contributed by atoms with Crippen molar-refractivity contribution in [3.8, 4) is 0 Å². The zero-order valence-electron chi connectivity index (χ0n) is 11.8. The quantitative estimate of drug-likeness (QED) is 0.824. The molecule has 22 heavy (non-hydrogen) atoms. The number of aromatic nitrogens is 2. The number of alkyl halides is 3. The summed E-state index contributed by atoms with van der Waals surface area (Å²) >= 11 is 0. The number of aliphatic imine (C=N–C) groups is 1. The highest BCUT2D eigenvalue weighted by Crippen LogP contribution is 2.22. The van der Waals surface area contributed by atoms with Gasteiger partial charge in [-0.1, -0.05) is 18.5 Å². The third-order valence-electron chi connectivity index (χ3n) is 2.96. The number of aryl methyl sites for hydroxylation is 1. The minimum Gasteiger partial charge on any atom is -0.339 e. The summed E-state index contributed by atoms with van der Waals surface area (Å²) in [5.74, 6) is -1.90. The molecule has 1 aromatic rings. The molecule has 1 aliphatic heterocycles. The van der Waals surface area contributed by atoms with Crippen molar-refractivity contribution in [2.24, 2.45) is 4.99 Å². The van der Waals surface area contributed by atoms with Gasteiger partial charge in [0.2, 0.25) is 5.89 Å². The number of carbonyl (C=O) groups excluding carboxylic acids is 1. The van der Waals surface area contributed by atoms with Crippen LogP contribution < -0.4 is 0 Å². The first kappa shape index (κ1) is 16.2. The van der Waals surface area contributed by atoms with Gasteiger partial charge in [0.25, 0.3) is 0 Å². The Kier molecular flexibility index (Phi) is 4.99. The highest BCUT2D eigenvalue weighted by molar-refractivity contribution is 5.76. The molecule has 0 aliphatic carbocycles. The predicted molar refractivity (Wildman–Crippen MR) is 67.9 cm³/mol. The maximum Gasteiger partial charge on any atom is 0.493 e. The van der Waals surface area contributed by atoms with Crippen LogP contribution in [0.4, 0.5) is 13.2 Å². The average molecular weight is 320 g/mol. The molecule has 0 aromatic carbocycles. The molecule has 2 rings (SSSR count). The number of halogens is 3. The molecule has 1 aromatic heterocycles. The van der Waals surface area contributed by atoms with Gasteiger partial charge in [0, 0.05) is 6.42 Å². The molecule has 7 nitrogen and oxygen atoms in total. The fraction of sp³-hybridized carbons (Fsp3) is 0.667. The molecule has 0 amide bonds. The van der Waals surface area contributed by atoms with E-state index < -0.39 is 18.1 Å². The first-order valence-corrected chi connectivity index (χ1v) is 6.78. The number of hydrogen-bond acceptors (Lipinski definition) is 7. The number of nitrogens with zero attached hydrogens (tertiary/aromatic N) is 4. The van der Waals surface area contributed by atoms with E-state index in [4.69, 9.17) is 4.52 Å². The van der Waals surface area contributed by atoms with Gasteiger partial charge in [-0.15, -0.1) is 0 Å². The second kappa shape index (κ2) is 6.75. The van der Waals surface area contributed by atoms with Crippen LogP contribution in [0.2, 0.25) is 0 Å². The number of hydrogen-bond donors (Lipinski definition) is 0. The number of hydroxylamine groups is 2. The lowest BCUT2D eigenvalue weighted by Crippen LogP contribution is -2.39. The average Bonchev–Trinajstić information content (AvgIpc) is 2.93. The second-order valence-corrected chi connectivity index (χ2v) is 4.81. The van der Waals surface area contributed by atoms with Gasteiger partial charge in [-0.2, -0.15) is 23.2 Å². The zero-order valence-corrected chi connectivity index (χ0v) is 11.8. The van der Waals surface area contributed by atoms with Crippen LogP contribution in [0.15, 0.2) is 9.52 Å². The Bertz CT molecular complexity index is 544. The van der Waals surface area contributed by atoms with Crippen LogP contribution >= 0.6 is 0 Å². The van der Waals surface area contributed by atoms with Crippen molar-refractivity contribution in [3.05, 3.63) is 11.7 Å². The summed E-state index contributed by atoms with van der Waals surface area (Å²) < 4.78 is 41.6. The van der Waals surface area contributed by atoms with E-state index in [9.17, 15) is 18.0 Å². The van der Waals surface area contributed by atoms with Crippen LogP contribution in [0.5, 0.6) is 0 Å². The van der Waals surface area contributed by atoms with Crippen LogP contribution in [0.25, 0.3) is 0 Å². The normalized spacial score (nSPS) is 18.5. The van der Waals surface area contributed by atoms with Crippen LogP contribution in [-0.2, 0) is 16.1 Å². The molecule has 2 heterocycles. The minimum absolute atomic E-state index is 0.0271. The van der Waals surface area contributed by atoms with Gasteiger partial charge < -0.3 is 9.36 Å². The first-order valence-electron chi connectivity index (χ1n) is 6.78. The van der Waals surface area contributed by atoms with Crippen molar-refractivity contribution in [1.29, 1.82) is 0 Å². The smallest absolute Gasteiger partial charge is 0.339 e. The Hall–Kier alpha value is -2.13. The summed E-state index contributed by atoms with van der Waals surface area (Å²) in [5, 5.41) is 4.53. The van der Waals surface area contributed by atoms with Crippen LogP contribution in [0.1, 0.15) is 37.4 Å². The van der Waals surface area contributed by atoms with Crippen molar-refractivity contribution in [2.45, 2.75) is 38.3 Å². The second-order valence-electron chi connectivity index (χ2n) is 4.81. The summed E-state index contributed by atoms with van der Waals surface area (Å²) in [6.45, 7) is 2.28. The molecule has 0 fully saturated rings. The van der Waals surface area contributed by atoms with E-state index in [2.05, 4.69) is 20.0 Å². The van der Waals surface area contributed by atoms with Gasteiger partial charge in [-0.25, -0.2) is 4.79 Å². The van der Waals surface area contributed by atoms with Crippen LogP contribution in [0.3, 0.4) is 0 Å². The molecule has 0 bridgehead atoms. The number of carbonyl (C=O) groups is 1. The molecule has 1 unspecified atom stereocenters. The molecule has 1 atom stereocenters. The molecule has 10 heteroatoms. The van der Waals surface area contributed by atoms with Gasteiger partial charge in [-0.3, -0.25) is 4.99 Å². The van der Waals surface area contributed by atoms with E-state index in [-0.39, 0.29) is 19.0 Å². The summed E-state index contributed by atoms with van der Waals surface area (Å²) in [5.41, 5.74) is 0. The molecular weight excluding hydrogens is 305 g/mol. The fourth-order valence-corrected chi connectivity index (χ4v) is 1.83. The topological polar surface area (TPSA) is 80.8 Å². The third-order valence-corrected chi connectivity index (χ3v) is 2.96. The Balaban J connectivity index is 1.95. The molecule has 0 spiro atoms. The minimum atomic E-state index is -5.06. The van der Waals surface area contributed by atoms with Crippen molar-refractivity contribution in [3.63, 3.8) is 0 Å². The van der Waals surface area contributed by atoms with Gasteiger partial charge in [0.1, 0.15) is 6.34 Å². The van der Waals surface area contributed by atoms with Gasteiger partial charge in [-0.05, 0) is 6.42 Å². The van der Waals surface area contributed by atoms with Crippen molar-refractivity contribution in [1.82, 2.24) is 15.2 Å². The Morgan fingerprint density at radius 1 is 1.55 bits per heavy atom. The standard InChI is InChI=1S/C12H15F3N4O3/c1-2-3-4-9-17-10(21-18-9)8-5-16-7-19(6-8)22-11(20)12(13,14)15/h7-8H,2-6H2,1H3. The molecule has 0 radical (unpaired) electrons. The van der Waals surface area contributed by atoms with E-state index in [0.717, 1.165) is 24.2 Å². The molecule has 0 N–H and O–H groups in total. The maximum absolute atomic E-state index is 12.2. The summed E-state index contributed by atoms with van der Waals surface area (Å²) in [6.07, 6.45) is -1.45. The van der Waals surface area contributed by atoms with Crippen molar-refractivity contribution in [2.75, 3.05) is 13.1 Å². The van der Waals surface area contributed by atoms with Crippen molar-refractivity contribution < 1.29 is 27.3 Å². The molecule has 122 valence electrons. The Morgan fingerprint density at radius 2 is 2.32 bits per heavy atom. The van der Waals surface area contributed by atoms with Gasteiger partial charge >= 0.3 is 12.1 Å². The Labute approximate surface area is 124 Å². The lowest BCUT2D eigenvalue weighted by atomic mass is 10.1. The molecule has 0 saturated carbocycles. The van der Waals surface area contributed by atoms with E-state index in [1.807, 2.05) is 6.92 Å². The molecular formula is C12H15F3N4O3. The maximum atomic E-state index is 12.2. The van der Waals surface area contributed by atoms with Gasteiger partial charge in [0.15, 0.2) is 5.82 Å². The van der Waals surface area contributed by atoms with Crippen LogP contribution in [0, 0.1) is 0 Å². The summed E-state index contributed by atoms with van der Waals surface area (Å²) in [7, 11) is 0. The third kappa shape index (κ3) is 4.18. The fourth-order valence-electron chi connectivity index (χ4n) is 1.83. The monoisotopic (exact) mass is 320 g/mol. The SMILES string of the molecule is CCCCc1noc(C2CN=CN(OC(=O)C(F)(F)F)C2)n1. The largest absolute Gasteiger partial charge is 0.493 e. The summed E-state index contributed by atoms with van der Waals surface area (Å²) in [6, 6.07) is 0. The lowest BCUT2D eigenvalue weighted by Gasteiger charge is -2.25. The highest BCUT2D eigenvalue weighted by Gasteiger charge is 2.43. The molecule has 0 saturated heterocycles. The van der Waals surface area contributed by atoms with Crippen LogP contribution in [-0.4, -0.2) is 46.8 Å². The number of rotatable bonds is 5. The van der Waals surface area contributed by atoms with E-state index >= 15 is 0 Å². The van der Waals surface area contributed by atoms with Gasteiger partial charge in [0.05, 0.1) is 19.0 Å². The Morgan fingerprint density at radius 3 is 3.00 bits per heavy atom. The summed E-state index contributed by atoms with van der Waals surface area (Å²) in [4.78, 5) is 23.0. The van der Waals surface area contributed by atoms with Crippen molar-refractivity contribution >= 4 is 12.3 Å².